The van der Waals surface area contributed by atoms with E-state index in [2.05, 4.69) is 55.2 Å². The third-order valence-corrected chi connectivity index (χ3v) is 8.20. The first kappa shape index (κ1) is 31.7. The summed E-state index contributed by atoms with van der Waals surface area (Å²) in [6.45, 7) is 13.1. The van der Waals surface area contributed by atoms with E-state index in [1.54, 1.807) is 18.2 Å². The number of amides is 2. The number of pyridine rings is 2. The zero-order chi connectivity index (χ0) is 32.2. The van der Waals surface area contributed by atoms with Crippen LogP contribution in [-0.2, 0) is 17.8 Å². The van der Waals surface area contributed by atoms with Gasteiger partial charge < -0.3 is 20.8 Å². The number of hydrogen-bond acceptors (Lipinski definition) is 7. The third kappa shape index (κ3) is 6.69. The first-order valence-corrected chi connectivity index (χ1v) is 15.3. The number of fused-ring (bicyclic) bond motifs is 2. The number of aryl methyl sites for hydroxylation is 2. The van der Waals surface area contributed by atoms with Crippen molar-refractivity contribution in [3.63, 3.8) is 0 Å². The fourth-order valence-electron chi connectivity index (χ4n) is 5.56. The Balaban J connectivity index is 0.000000390. The number of hydrogen-bond donors (Lipinski definition) is 3. The molecule has 236 valence electrons. The fourth-order valence-corrected chi connectivity index (χ4v) is 5.56. The van der Waals surface area contributed by atoms with Crippen molar-refractivity contribution in [3.8, 4) is 17.3 Å². The number of hydrazine groups is 1. The molecule has 2 fully saturated rings. The molecule has 6 rings (SSSR count). The number of carbonyl (C=O) groups is 2. The SMILES string of the molecule is C=C/C=C(\C=C)C(N)=O.CCc1ccc2cc(-c3nc4cc(C(=O)N5CC(N)CCN5)cc(OC)n4c3C)n(CC3CC3)c2n1. The molecule has 2 aliphatic rings. The molecule has 5 N–H and O–H groups in total. The van der Waals surface area contributed by atoms with Gasteiger partial charge in [0, 0.05) is 47.4 Å². The minimum absolute atomic E-state index is 0.0312. The number of primary amides is 1. The molecule has 45 heavy (non-hydrogen) atoms. The van der Waals surface area contributed by atoms with Crippen LogP contribution < -0.4 is 21.6 Å². The lowest BCUT2D eigenvalue weighted by Gasteiger charge is -2.31. The first-order chi connectivity index (χ1) is 21.7. The van der Waals surface area contributed by atoms with Gasteiger partial charge in [-0.25, -0.2) is 15.4 Å². The van der Waals surface area contributed by atoms with Gasteiger partial charge in [0.25, 0.3) is 5.91 Å². The maximum atomic E-state index is 13.3. The highest BCUT2D eigenvalue weighted by Gasteiger charge is 2.28. The minimum atomic E-state index is -0.482. The first-order valence-electron chi connectivity index (χ1n) is 15.3. The van der Waals surface area contributed by atoms with E-state index in [1.807, 2.05) is 10.5 Å². The maximum absolute atomic E-state index is 13.3. The number of allylic oxidation sites excluding steroid dienone is 2. The molecule has 1 aliphatic heterocycles. The van der Waals surface area contributed by atoms with Crippen molar-refractivity contribution < 1.29 is 14.3 Å². The number of imidazole rings is 1. The monoisotopic (exact) mass is 610 g/mol. The van der Waals surface area contributed by atoms with E-state index in [-0.39, 0.29) is 11.9 Å². The molecule has 1 saturated carbocycles. The highest BCUT2D eigenvalue weighted by atomic mass is 16.5. The Morgan fingerprint density at radius 2 is 1.93 bits per heavy atom. The number of nitrogens with zero attached hydrogens (tertiary/aromatic N) is 5. The highest BCUT2D eigenvalue weighted by molar-refractivity contribution is 5.96. The van der Waals surface area contributed by atoms with E-state index in [1.165, 1.54) is 31.1 Å². The van der Waals surface area contributed by atoms with Crippen LogP contribution in [0, 0.1) is 12.8 Å². The maximum Gasteiger partial charge on any atom is 0.268 e. The average molecular weight is 611 g/mol. The second kappa shape index (κ2) is 13.5. The van der Waals surface area contributed by atoms with Crippen LogP contribution in [0.1, 0.15) is 47.9 Å². The van der Waals surface area contributed by atoms with Crippen molar-refractivity contribution >= 4 is 28.5 Å². The molecule has 0 spiro atoms. The number of carbonyl (C=O) groups excluding carboxylic acids is 2. The van der Waals surface area contributed by atoms with Gasteiger partial charge in [-0.1, -0.05) is 38.3 Å². The van der Waals surface area contributed by atoms with Crippen LogP contribution in [0.3, 0.4) is 0 Å². The summed E-state index contributed by atoms with van der Waals surface area (Å²) in [5.74, 6) is 0.646. The van der Waals surface area contributed by atoms with Crippen LogP contribution in [0.4, 0.5) is 0 Å². The van der Waals surface area contributed by atoms with E-state index in [0.717, 1.165) is 53.2 Å². The Kier molecular flexibility index (Phi) is 9.50. The predicted molar refractivity (Wildman–Crippen MR) is 177 cm³/mol. The quantitative estimate of drug-likeness (QED) is 0.191. The van der Waals surface area contributed by atoms with Crippen LogP contribution in [-0.4, -0.2) is 62.0 Å². The average Bonchev–Trinajstić information content (AvgIpc) is 3.72. The van der Waals surface area contributed by atoms with Crippen LogP contribution in [0.25, 0.3) is 28.1 Å². The van der Waals surface area contributed by atoms with Gasteiger partial charge in [0.05, 0.1) is 25.0 Å². The van der Waals surface area contributed by atoms with Crippen molar-refractivity contribution in [1.82, 2.24) is 29.4 Å². The van der Waals surface area contributed by atoms with Gasteiger partial charge in [0.1, 0.15) is 17.0 Å². The molecule has 2 amide bonds. The molecular weight excluding hydrogens is 568 g/mol. The topological polar surface area (TPSA) is 146 Å². The van der Waals surface area contributed by atoms with Gasteiger partial charge in [-0.3, -0.25) is 19.0 Å². The summed E-state index contributed by atoms with van der Waals surface area (Å²) in [5, 5.41) is 2.72. The Labute approximate surface area is 263 Å². The molecule has 4 aromatic rings. The lowest BCUT2D eigenvalue weighted by molar-refractivity contribution is -0.114. The number of nitrogens with one attached hydrogen (secondary N) is 1. The van der Waals surface area contributed by atoms with Crippen LogP contribution >= 0.6 is 0 Å². The molecule has 0 aromatic carbocycles. The van der Waals surface area contributed by atoms with Crippen molar-refractivity contribution in [1.29, 1.82) is 0 Å². The summed E-state index contributed by atoms with van der Waals surface area (Å²) in [5.41, 5.74) is 20.7. The zero-order valence-electron chi connectivity index (χ0n) is 26.3. The third-order valence-electron chi connectivity index (χ3n) is 8.20. The summed E-state index contributed by atoms with van der Waals surface area (Å²) in [6, 6.07) is 10.0. The molecule has 11 nitrogen and oxygen atoms in total. The van der Waals surface area contributed by atoms with Gasteiger partial charge in [-0.2, -0.15) is 0 Å². The van der Waals surface area contributed by atoms with E-state index in [4.69, 9.17) is 26.2 Å². The Bertz CT molecular complexity index is 1800. The molecule has 5 heterocycles. The summed E-state index contributed by atoms with van der Waals surface area (Å²) < 4.78 is 10.0. The Hall–Kier alpha value is -4.74. The fraction of sp³-hybridized carbons (Fsp3) is 0.353. The molecule has 4 aromatic heterocycles. The number of ether oxygens (including phenoxy) is 1. The number of aromatic nitrogens is 4. The normalized spacial score (nSPS) is 16.8. The van der Waals surface area contributed by atoms with Gasteiger partial charge in [-0.15, -0.1) is 0 Å². The van der Waals surface area contributed by atoms with Crippen LogP contribution in [0.5, 0.6) is 5.88 Å². The Morgan fingerprint density at radius 1 is 1.16 bits per heavy atom. The van der Waals surface area contributed by atoms with Gasteiger partial charge in [-0.05, 0) is 62.8 Å². The second-order valence-electron chi connectivity index (χ2n) is 11.5. The molecule has 1 aliphatic carbocycles. The van der Waals surface area contributed by atoms with Crippen molar-refractivity contribution in [2.75, 3.05) is 20.2 Å². The van der Waals surface area contributed by atoms with E-state index in [9.17, 15) is 9.59 Å². The van der Waals surface area contributed by atoms with E-state index >= 15 is 0 Å². The molecule has 1 saturated heterocycles. The largest absolute Gasteiger partial charge is 0.482 e. The highest BCUT2D eigenvalue weighted by Crippen LogP contribution is 2.37. The summed E-state index contributed by atoms with van der Waals surface area (Å²) >= 11 is 0. The lowest BCUT2D eigenvalue weighted by atomic mass is 10.1. The van der Waals surface area contributed by atoms with E-state index < -0.39 is 5.91 Å². The Morgan fingerprint density at radius 3 is 2.53 bits per heavy atom. The number of methoxy groups -OCH3 is 1. The molecule has 1 atom stereocenters. The van der Waals surface area contributed by atoms with Crippen LogP contribution in [0.15, 0.2) is 67.3 Å². The minimum Gasteiger partial charge on any atom is -0.482 e. The smallest absolute Gasteiger partial charge is 0.268 e. The van der Waals surface area contributed by atoms with Crippen molar-refractivity contribution in [2.24, 2.45) is 17.4 Å². The van der Waals surface area contributed by atoms with Gasteiger partial charge >= 0.3 is 0 Å². The summed E-state index contributed by atoms with van der Waals surface area (Å²) in [6.07, 6.45) is 8.64. The molecule has 1 unspecified atom stereocenters. The van der Waals surface area contributed by atoms with Crippen molar-refractivity contribution in [2.45, 2.75) is 52.1 Å². The summed E-state index contributed by atoms with van der Waals surface area (Å²) in [7, 11) is 1.62. The molecule has 0 bridgehead atoms. The van der Waals surface area contributed by atoms with Crippen LogP contribution in [0.2, 0.25) is 0 Å². The standard InChI is InChI=1S/C27H33N7O2.C7H9NO/c1-4-21-8-7-18-11-22(32(26(18)30-21)14-17-5-6-17)25-16(2)34-23(31-25)12-19(13-24(34)36-3)27(35)33-15-20(28)9-10-29-33;1-3-5-6(4-2)7(8)9/h7-8,11-13,17,20,29H,4-6,9-10,14-15,28H2,1-3H3;3-5H,1-2H2,(H2,8,9)/b;6-5+. The molecule has 11 heteroatoms. The zero-order valence-corrected chi connectivity index (χ0v) is 26.3. The second-order valence-corrected chi connectivity index (χ2v) is 11.5. The van der Waals surface area contributed by atoms with Crippen molar-refractivity contribution in [3.05, 3.63) is 84.2 Å². The van der Waals surface area contributed by atoms with E-state index in [0.29, 0.717) is 41.7 Å². The predicted octanol–water partition coefficient (Wildman–Crippen LogP) is 4.09. The lowest BCUT2D eigenvalue weighted by Crippen LogP contribution is -2.54. The van der Waals surface area contributed by atoms with Gasteiger partial charge in [0.2, 0.25) is 5.91 Å². The van der Waals surface area contributed by atoms with Gasteiger partial charge in [0.15, 0.2) is 5.88 Å². The number of rotatable bonds is 9. The molecule has 0 radical (unpaired) electrons. The summed E-state index contributed by atoms with van der Waals surface area (Å²) in [4.78, 5) is 33.6. The number of nitrogens with two attached hydrogens (primary N) is 2. The molecular formula is C34H42N8O3.